The van der Waals surface area contributed by atoms with Crippen LogP contribution in [0.4, 0.5) is 0 Å². The molecule has 1 saturated heterocycles. The molecule has 1 aliphatic heterocycles. The molecule has 0 radical (unpaired) electrons. The van der Waals surface area contributed by atoms with Gasteiger partial charge in [-0.15, -0.1) is 5.10 Å². The van der Waals surface area contributed by atoms with Gasteiger partial charge in [-0.05, 0) is 48.5 Å². The minimum absolute atomic E-state index is 0.0341. The van der Waals surface area contributed by atoms with Gasteiger partial charge in [-0.2, -0.15) is 0 Å². The van der Waals surface area contributed by atoms with E-state index in [1.165, 1.54) is 11.0 Å². The highest BCUT2D eigenvalue weighted by atomic mass is 35.5. The van der Waals surface area contributed by atoms with Crippen molar-refractivity contribution in [3.05, 3.63) is 35.1 Å². The molecule has 2 heterocycles. The van der Waals surface area contributed by atoms with Crippen LogP contribution in [0.3, 0.4) is 0 Å². The van der Waals surface area contributed by atoms with Crippen molar-refractivity contribution in [2.24, 2.45) is 0 Å². The van der Waals surface area contributed by atoms with Crippen LogP contribution >= 0.6 is 11.6 Å². The number of amides is 1. The molecule has 2 aromatic rings. The molecule has 1 N–H and O–H groups in total. The first-order chi connectivity index (χ1) is 10.7. The molecule has 1 aliphatic rings. The number of benzene rings is 1. The van der Waals surface area contributed by atoms with E-state index in [1.54, 1.807) is 18.2 Å². The molecule has 116 valence electrons. The summed E-state index contributed by atoms with van der Waals surface area (Å²) in [6.45, 7) is 1.47. The predicted octanol–water partition coefficient (Wildman–Crippen LogP) is 1.14. The molecular weight excluding hydrogens is 304 g/mol. The van der Waals surface area contributed by atoms with Crippen LogP contribution in [0.25, 0.3) is 5.69 Å². The van der Waals surface area contributed by atoms with Gasteiger partial charge in [0, 0.05) is 19.1 Å². The van der Waals surface area contributed by atoms with Gasteiger partial charge in [-0.1, -0.05) is 11.6 Å². The zero-order valence-corrected chi connectivity index (χ0v) is 13.0. The molecule has 7 nitrogen and oxygen atoms in total. The number of nitrogens with one attached hydrogen (secondary N) is 1. The summed E-state index contributed by atoms with van der Waals surface area (Å²) in [6.07, 6.45) is 3.57. The first-order valence-electron chi connectivity index (χ1n) is 7.18. The van der Waals surface area contributed by atoms with Gasteiger partial charge in [-0.25, -0.2) is 4.68 Å². The number of likely N-dealkylation sites (tertiary alicyclic amines) is 1. The van der Waals surface area contributed by atoms with Gasteiger partial charge in [0.25, 0.3) is 5.91 Å². The third-order valence-corrected chi connectivity index (χ3v) is 4.23. The first-order valence-corrected chi connectivity index (χ1v) is 7.56. The maximum atomic E-state index is 12.6. The summed E-state index contributed by atoms with van der Waals surface area (Å²) in [4.78, 5) is 14.5. The molecule has 1 aromatic heterocycles. The number of carbonyl (C=O) groups excluding carboxylic acids is 1. The van der Waals surface area contributed by atoms with E-state index in [4.69, 9.17) is 11.6 Å². The zero-order valence-electron chi connectivity index (χ0n) is 12.2. The summed E-state index contributed by atoms with van der Waals surface area (Å²) in [5.74, 6) is -0.0341. The Hall–Kier alpha value is -1.99. The SMILES string of the molecule is CNC1CCCN(C(=O)c2ccc(-n3cnnn3)cc2Cl)C1. The Morgan fingerprint density at radius 2 is 2.32 bits per heavy atom. The van der Waals surface area contributed by atoms with Gasteiger partial charge >= 0.3 is 0 Å². The number of halogens is 1. The van der Waals surface area contributed by atoms with Crippen molar-refractivity contribution in [2.75, 3.05) is 20.1 Å². The Morgan fingerprint density at radius 3 is 3.00 bits per heavy atom. The maximum Gasteiger partial charge on any atom is 0.255 e. The summed E-state index contributed by atoms with van der Waals surface area (Å²) < 4.78 is 1.50. The molecule has 1 atom stereocenters. The van der Waals surface area contributed by atoms with E-state index in [2.05, 4.69) is 20.8 Å². The third kappa shape index (κ3) is 2.95. The van der Waals surface area contributed by atoms with Gasteiger partial charge < -0.3 is 10.2 Å². The quantitative estimate of drug-likeness (QED) is 0.918. The molecule has 0 spiro atoms. The van der Waals surface area contributed by atoms with E-state index in [1.807, 2.05) is 11.9 Å². The molecule has 22 heavy (non-hydrogen) atoms. The standard InChI is InChI=1S/C14H17ClN6O/c1-16-10-3-2-6-20(8-10)14(22)12-5-4-11(7-13(12)15)21-9-17-18-19-21/h4-5,7,9-10,16H,2-3,6,8H2,1H3. The molecule has 8 heteroatoms. The number of carbonyl (C=O) groups is 1. The molecule has 1 unspecified atom stereocenters. The fraction of sp³-hybridized carbons (Fsp3) is 0.429. The van der Waals surface area contributed by atoms with E-state index in [-0.39, 0.29) is 5.91 Å². The Bertz CT molecular complexity index is 659. The molecule has 1 amide bonds. The van der Waals surface area contributed by atoms with E-state index in [0.717, 1.165) is 25.1 Å². The van der Waals surface area contributed by atoms with Gasteiger partial charge in [-0.3, -0.25) is 4.79 Å². The van der Waals surface area contributed by atoms with Crippen molar-refractivity contribution >= 4 is 17.5 Å². The van der Waals surface area contributed by atoms with E-state index in [0.29, 0.717) is 23.2 Å². The lowest BCUT2D eigenvalue weighted by Crippen LogP contribution is -2.47. The second kappa shape index (κ2) is 6.41. The molecule has 3 rings (SSSR count). The van der Waals surface area contributed by atoms with Crippen LogP contribution in [0, 0.1) is 0 Å². The Labute approximate surface area is 133 Å². The zero-order chi connectivity index (χ0) is 15.5. The average Bonchev–Trinajstić information content (AvgIpc) is 3.08. The third-order valence-electron chi connectivity index (χ3n) is 3.91. The van der Waals surface area contributed by atoms with Crippen molar-refractivity contribution in [2.45, 2.75) is 18.9 Å². The van der Waals surface area contributed by atoms with Crippen molar-refractivity contribution < 1.29 is 4.79 Å². The second-order valence-electron chi connectivity index (χ2n) is 5.30. The van der Waals surface area contributed by atoms with E-state index >= 15 is 0 Å². The number of nitrogens with zero attached hydrogens (tertiary/aromatic N) is 5. The number of tetrazole rings is 1. The van der Waals surface area contributed by atoms with E-state index in [9.17, 15) is 4.79 Å². The summed E-state index contributed by atoms with van der Waals surface area (Å²) >= 11 is 6.29. The van der Waals surface area contributed by atoms with E-state index < -0.39 is 0 Å². The van der Waals surface area contributed by atoms with Gasteiger partial charge in [0.05, 0.1) is 16.3 Å². The number of aromatic nitrogens is 4. The average molecular weight is 321 g/mol. The van der Waals surface area contributed by atoms with Crippen LogP contribution in [-0.2, 0) is 0 Å². The molecule has 0 aliphatic carbocycles. The lowest BCUT2D eigenvalue weighted by Gasteiger charge is -2.32. The summed E-state index contributed by atoms with van der Waals surface area (Å²) in [6, 6.07) is 5.56. The minimum atomic E-state index is -0.0341. The summed E-state index contributed by atoms with van der Waals surface area (Å²) in [5.41, 5.74) is 1.23. The van der Waals surface area contributed by atoms with Crippen molar-refractivity contribution in [3.63, 3.8) is 0 Å². The predicted molar refractivity (Wildman–Crippen MR) is 82.1 cm³/mol. The van der Waals surface area contributed by atoms with Gasteiger partial charge in [0.1, 0.15) is 6.33 Å². The monoisotopic (exact) mass is 320 g/mol. The van der Waals surface area contributed by atoms with Crippen molar-refractivity contribution in [1.82, 2.24) is 30.4 Å². The van der Waals surface area contributed by atoms with Crippen molar-refractivity contribution in [3.8, 4) is 5.69 Å². The second-order valence-corrected chi connectivity index (χ2v) is 5.70. The summed E-state index contributed by atoms with van der Waals surface area (Å²) in [5, 5.41) is 14.6. The maximum absolute atomic E-state index is 12.6. The van der Waals surface area contributed by atoms with Crippen LogP contribution in [0.15, 0.2) is 24.5 Å². The number of piperidine rings is 1. The molecule has 0 bridgehead atoms. The lowest BCUT2D eigenvalue weighted by atomic mass is 10.0. The number of hydrogen-bond acceptors (Lipinski definition) is 5. The number of hydrogen-bond donors (Lipinski definition) is 1. The van der Waals surface area contributed by atoms with Crippen molar-refractivity contribution in [1.29, 1.82) is 0 Å². The molecular formula is C14H17ClN6O. The largest absolute Gasteiger partial charge is 0.337 e. The van der Waals surface area contributed by atoms with Crippen LogP contribution in [0.2, 0.25) is 5.02 Å². The van der Waals surface area contributed by atoms with Gasteiger partial charge in [0.2, 0.25) is 0 Å². The Kier molecular flexibility index (Phi) is 4.35. The number of rotatable bonds is 3. The highest BCUT2D eigenvalue weighted by molar-refractivity contribution is 6.34. The van der Waals surface area contributed by atoms with Gasteiger partial charge in [0.15, 0.2) is 0 Å². The lowest BCUT2D eigenvalue weighted by molar-refractivity contribution is 0.0698. The number of likely N-dealkylation sites (N-methyl/N-ethyl adjacent to an activating group) is 1. The first kappa shape index (κ1) is 14.9. The molecule has 1 fully saturated rings. The summed E-state index contributed by atoms with van der Waals surface area (Å²) in [7, 11) is 1.92. The highest BCUT2D eigenvalue weighted by Crippen LogP contribution is 2.23. The fourth-order valence-corrected chi connectivity index (χ4v) is 2.92. The Balaban J connectivity index is 1.81. The molecule has 0 saturated carbocycles. The molecule has 1 aromatic carbocycles. The van der Waals surface area contributed by atoms with Crippen LogP contribution in [0.5, 0.6) is 0 Å². The minimum Gasteiger partial charge on any atom is -0.337 e. The Morgan fingerprint density at radius 1 is 1.45 bits per heavy atom. The van der Waals surface area contributed by atoms with Crippen LogP contribution in [-0.4, -0.2) is 57.2 Å². The topological polar surface area (TPSA) is 75.9 Å². The normalized spacial score (nSPS) is 18.5. The van der Waals surface area contributed by atoms with Crippen LogP contribution in [0.1, 0.15) is 23.2 Å². The highest BCUT2D eigenvalue weighted by Gasteiger charge is 2.25. The van der Waals surface area contributed by atoms with Crippen LogP contribution < -0.4 is 5.32 Å². The fourth-order valence-electron chi connectivity index (χ4n) is 2.67. The smallest absolute Gasteiger partial charge is 0.255 e.